The van der Waals surface area contributed by atoms with E-state index in [-0.39, 0.29) is 6.03 Å². The first kappa shape index (κ1) is 16.6. The molecule has 0 radical (unpaired) electrons. The second-order valence-corrected chi connectivity index (χ2v) is 7.08. The number of carbonyl (C=O) groups excluding carboxylic acids is 1. The highest BCUT2D eigenvalue weighted by Gasteiger charge is 2.32. The van der Waals surface area contributed by atoms with Crippen LogP contribution in [0.3, 0.4) is 0 Å². The second kappa shape index (κ2) is 6.86. The molecule has 3 nitrogen and oxygen atoms in total. The second-order valence-electron chi connectivity index (χ2n) is 7.08. The van der Waals surface area contributed by atoms with Gasteiger partial charge in [0.05, 0.1) is 24.5 Å². The van der Waals surface area contributed by atoms with E-state index < -0.39 is 0 Å². The predicted molar refractivity (Wildman–Crippen MR) is 115 cm³/mol. The molecule has 0 unspecified atom stereocenters. The van der Waals surface area contributed by atoms with E-state index in [0.717, 1.165) is 33.3 Å². The predicted octanol–water partition coefficient (Wildman–Crippen LogP) is 5.99. The molecule has 0 saturated carbocycles. The first-order valence-corrected chi connectivity index (χ1v) is 9.50. The lowest BCUT2D eigenvalue weighted by Crippen LogP contribution is -2.45. The summed E-state index contributed by atoms with van der Waals surface area (Å²) in [5, 5.41) is 2.29. The van der Waals surface area contributed by atoms with Gasteiger partial charge in [-0.2, -0.15) is 0 Å². The summed E-state index contributed by atoms with van der Waals surface area (Å²) in [6.07, 6.45) is 0. The summed E-state index contributed by atoms with van der Waals surface area (Å²) in [4.78, 5) is 17.4. The van der Waals surface area contributed by atoms with Crippen LogP contribution < -0.4 is 9.80 Å². The molecular weight excluding hydrogens is 344 g/mol. The quantitative estimate of drug-likeness (QED) is 0.436. The number of benzene rings is 4. The molecule has 0 aliphatic carbocycles. The van der Waals surface area contributed by atoms with Crippen LogP contribution in [0.25, 0.3) is 10.8 Å². The van der Waals surface area contributed by atoms with Crippen molar-refractivity contribution >= 4 is 28.2 Å². The van der Waals surface area contributed by atoms with E-state index in [1.165, 1.54) is 0 Å². The van der Waals surface area contributed by atoms with Crippen LogP contribution in [0.15, 0.2) is 97.1 Å². The van der Waals surface area contributed by atoms with Gasteiger partial charge in [0, 0.05) is 5.39 Å². The van der Waals surface area contributed by atoms with Crippen LogP contribution in [0.1, 0.15) is 11.1 Å². The van der Waals surface area contributed by atoms with Crippen LogP contribution >= 0.6 is 0 Å². The molecule has 0 bridgehead atoms. The van der Waals surface area contributed by atoms with Crippen LogP contribution in [0.4, 0.5) is 16.2 Å². The lowest BCUT2D eigenvalue weighted by atomic mass is 10.0. The summed E-state index contributed by atoms with van der Waals surface area (Å²) in [6, 6.07) is 32.7. The van der Waals surface area contributed by atoms with Gasteiger partial charge in [0.25, 0.3) is 0 Å². The number of hydrogen-bond donors (Lipinski definition) is 0. The van der Waals surface area contributed by atoms with Gasteiger partial charge in [0.15, 0.2) is 0 Å². The number of hydrogen-bond acceptors (Lipinski definition) is 1. The van der Waals surface area contributed by atoms with Crippen molar-refractivity contribution < 1.29 is 4.79 Å². The minimum atomic E-state index is 0.0129. The Morgan fingerprint density at radius 3 is 1.46 bits per heavy atom. The van der Waals surface area contributed by atoms with Gasteiger partial charge in [0.1, 0.15) is 0 Å². The Hall–Kier alpha value is -3.59. The molecule has 5 rings (SSSR count). The molecule has 0 atom stereocenters. The maximum Gasteiger partial charge on any atom is 0.329 e. The summed E-state index contributed by atoms with van der Waals surface area (Å²) >= 11 is 0. The molecule has 4 aromatic rings. The van der Waals surface area contributed by atoms with E-state index in [9.17, 15) is 4.79 Å². The Morgan fingerprint density at radius 2 is 1.00 bits per heavy atom. The van der Waals surface area contributed by atoms with E-state index in [1.54, 1.807) is 0 Å². The molecule has 0 spiro atoms. The van der Waals surface area contributed by atoms with Gasteiger partial charge >= 0.3 is 6.03 Å². The van der Waals surface area contributed by atoms with Crippen molar-refractivity contribution in [3.8, 4) is 0 Å². The van der Waals surface area contributed by atoms with Crippen LogP contribution in [-0.2, 0) is 13.1 Å². The van der Waals surface area contributed by atoms with E-state index in [0.29, 0.717) is 13.1 Å². The third-order valence-corrected chi connectivity index (χ3v) is 5.27. The van der Waals surface area contributed by atoms with E-state index in [1.807, 2.05) is 70.5 Å². The van der Waals surface area contributed by atoms with Crippen molar-refractivity contribution in [3.63, 3.8) is 0 Å². The van der Waals surface area contributed by atoms with Crippen molar-refractivity contribution in [2.45, 2.75) is 13.1 Å². The standard InChI is InChI=1S/C25H20N2O/c28-25-26(17-19-9-3-1-4-10-19)22-15-7-13-21-14-8-16-23(24(21)22)27(25)18-20-11-5-2-6-12-20/h1-16H,17-18H2. The average molecular weight is 364 g/mol. The molecule has 0 saturated heterocycles. The van der Waals surface area contributed by atoms with Gasteiger partial charge in [0.2, 0.25) is 0 Å². The van der Waals surface area contributed by atoms with Crippen molar-refractivity contribution in [1.82, 2.24) is 0 Å². The van der Waals surface area contributed by atoms with Crippen LogP contribution in [-0.4, -0.2) is 6.03 Å². The smallest absolute Gasteiger partial charge is 0.289 e. The largest absolute Gasteiger partial charge is 0.329 e. The van der Waals surface area contributed by atoms with Crippen molar-refractivity contribution in [1.29, 1.82) is 0 Å². The fourth-order valence-electron chi connectivity index (χ4n) is 3.94. The van der Waals surface area contributed by atoms with Crippen LogP contribution in [0, 0.1) is 0 Å². The molecule has 1 aliphatic rings. The molecular formula is C25H20N2O. The van der Waals surface area contributed by atoms with Crippen molar-refractivity contribution in [3.05, 3.63) is 108 Å². The summed E-state index contributed by atoms with van der Waals surface area (Å²) in [6.45, 7) is 1.11. The van der Waals surface area contributed by atoms with Gasteiger partial charge < -0.3 is 0 Å². The van der Waals surface area contributed by atoms with Gasteiger partial charge in [-0.05, 0) is 28.6 Å². The molecule has 0 aromatic heterocycles. The van der Waals surface area contributed by atoms with Gasteiger partial charge in [-0.15, -0.1) is 0 Å². The maximum absolute atomic E-state index is 13.6. The Bertz CT molecular complexity index is 1050. The molecule has 4 aromatic carbocycles. The number of amides is 2. The molecule has 28 heavy (non-hydrogen) atoms. The van der Waals surface area contributed by atoms with Crippen molar-refractivity contribution in [2.75, 3.05) is 9.80 Å². The normalized spacial score (nSPS) is 13.2. The lowest BCUT2D eigenvalue weighted by molar-refractivity contribution is 0.250. The molecule has 0 fully saturated rings. The zero-order valence-electron chi connectivity index (χ0n) is 15.5. The van der Waals surface area contributed by atoms with Gasteiger partial charge in [-0.1, -0.05) is 84.9 Å². The Morgan fingerprint density at radius 1 is 0.536 bits per heavy atom. The zero-order chi connectivity index (χ0) is 18.9. The Labute approximate surface area is 164 Å². The lowest BCUT2D eigenvalue weighted by Gasteiger charge is -2.37. The minimum Gasteiger partial charge on any atom is -0.289 e. The molecule has 0 N–H and O–H groups in total. The first-order chi connectivity index (χ1) is 13.8. The van der Waals surface area contributed by atoms with E-state index >= 15 is 0 Å². The average Bonchev–Trinajstić information content (AvgIpc) is 2.75. The Kier molecular flexibility index (Phi) is 4.06. The Balaban J connectivity index is 1.65. The van der Waals surface area contributed by atoms with Gasteiger partial charge in [-0.3, -0.25) is 9.80 Å². The minimum absolute atomic E-state index is 0.0129. The third kappa shape index (κ3) is 2.81. The number of rotatable bonds is 4. The number of nitrogens with zero attached hydrogens (tertiary/aromatic N) is 2. The van der Waals surface area contributed by atoms with E-state index in [4.69, 9.17) is 0 Å². The highest BCUT2D eigenvalue weighted by Crippen LogP contribution is 2.41. The van der Waals surface area contributed by atoms with Crippen LogP contribution in [0.2, 0.25) is 0 Å². The van der Waals surface area contributed by atoms with Crippen molar-refractivity contribution in [2.24, 2.45) is 0 Å². The summed E-state index contributed by atoms with van der Waals surface area (Å²) in [7, 11) is 0. The summed E-state index contributed by atoms with van der Waals surface area (Å²) in [5.41, 5.74) is 4.19. The molecule has 136 valence electrons. The number of carbonyl (C=O) groups is 1. The summed E-state index contributed by atoms with van der Waals surface area (Å²) < 4.78 is 0. The highest BCUT2D eigenvalue weighted by molar-refractivity contribution is 6.19. The zero-order valence-corrected chi connectivity index (χ0v) is 15.5. The topological polar surface area (TPSA) is 23.6 Å². The first-order valence-electron chi connectivity index (χ1n) is 9.50. The fourth-order valence-corrected chi connectivity index (χ4v) is 3.94. The number of urea groups is 1. The maximum atomic E-state index is 13.6. The van der Waals surface area contributed by atoms with E-state index in [2.05, 4.69) is 36.4 Å². The molecule has 1 heterocycles. The fraction of sp³-hybridized carbons (Fsp3) is 0.0800. The summed E-state index contributed by atoms with van der Waals surface area (Å²) in [5.74, 6) is 0. The highest BCUT2D eigenvalue weighted by atomic mass is 16.2. The van der Waals surface area contributed by atoms with Crippen LogP contribution in [0.5, 0.6) is 0 Å². The van der Waals surface area contributed by atoms with Gasteiger partial charge in [-0.25, -0.2) is 4.79 Å². The third-order valence-electron chi connectivity index (χ3n) is 5.27. The monoisotopic (exact) mass is 364 g/mol. The molecule has 2 amide bonds. The number of anilines is 2. The molecule has 1 aliphatic heterocycles. The SMILES string of the molecule is O=C1N(Cc2ccccc2)c2cccc3cccc(c23)N1Cc1ccccc1. The molecule has 3 heteroatoms.